The number of hydrogen-bond donors (Lipinski definition) is 2. The zero-order valence-corrected chi connectivity index (χ0v) is 10.1. The van der Waals surface area contributed by atoms with Gasteiger partial charge in [0.15, 0.2) is 0 Å². The molecule has 82 valence electrons. The van der Waals surface area contributed by atoms with Crippen LogP contribution in [-0.2, 0) is 0 Å². The zero-order chi connectivity index (χ0) is 10.1. The number of nitrogens with two attached hydrogens (primary N) is 1. The lowest BCUT2D eigenvalue weighted by atomic mass is 10.1. The maximum absolute atomic E-state index is 12.9. The molecule has 1 rings (SSSR count). The molecule has 0 aliphatic carbocycles. The molecule has 0 unspecified atom stereocenters. The van der Waals surface area contributed by atoms with Gasteiger partial charge in [-0.1, -0.05) is 0 Å². The summed E-state index contributed by atoms with van der Waals surface area (Å²) in [5.74, 6) is -3.26. The number of rotatable bonds is 3. The van der Waals surface area contributed by atoms with Gasteiger partial charge in [0.1, 0.15) is 12.6 Å². The molecule has 14 heavy (non-hydrogen) atoms. The molecule has 1 heterocycles. The highest BCUT2D eigenvalue weighted by molar-refractivity contribution is 9.11. The van der Waals surface area contributed by atoms with Gasteiger partial charge in [0.05, 0.1) is 3.79 Å². The van der Waals surface area contributed by atoms with E-state index in [1.54, 1.807) is 6.07 Å². The van der Waals surface area contributed by atoms with E-state index in [2.05, 4.69) is 15.9 Å². The standard InChI is InChI=1S/C7H8BrF2NOS.ClH/c8-5-2-1-4(13-5)6(11)7(9,10)3-12;/h1-2,6,12H,3,11H2;1H/t6-;/m1./s1. The summed E-state index contributed by atoms with van der Waals surface area (Å²) in [5.41, 5.74) is 5.28. The van der Waals surface area contributed by atoms with Crippen molar-refractivity contribution in [2.75, 3.05) is 6.61 Å². The second kappa shape index (κ2) is 5.37. The largest absolute Gasteiger partial charge is 0.390 e. The van der Waals surface area contributed by atoms with Gasteiger partial charge in [-0.05, 0) is 28.1 Å². The van der Waals surface area contributed by atoms with Gasteiger partial charge in [-0.2, -0.15) is 0 Å². The van der Waals surface area contributed by atoms with Crippen molar-refractivity contribution in [1.29, 1.82) is 0 Å². The molecule has 0 saturated carbocycles. The van der Waals surface area contributed by atoms with E-state index >= 15 is 0 Å². The monoisotopic (exact) mass is 307 g/mol. The van der Waals surface area contributed by atoms with Crippen molar-refractivity contribution in [3.63, 3.8) is 0 Å². The van der Waals surface area contributed by atoms with Gasteiger partial charge in [0.2, 0.25) is 0 Å². The Labute approximate surface area is 98.7 Å². The molecular formula is C7H9BrClF2NOS. The molecule has 1 atom stereocenters. The van der Waals surface area contributed by atoms with Crippen molar-refractivity contribution in [3.05, 3.63) is 20.8 Å². The number of halogens is 4. The van der Waals surface area contributed by atoms with Crippen molar-refractivity contribution in [1.82, 2.24) is 0 Å². The van der Waals surface area contributed by atoms with Gasteiger partial charge in [-0.25, -0.2) is 8.78 Å². The van der Waals surface area contributed by atoms with Gasteiger partial charge in [0.25, 0.3) is 5.92 Å². The highest BCUT2D eigenvalue weighted by Gasteiger charge is 2.38. The fourth-order valence-corrected chi connectivity index (χ4v) is 2.29. The minimum atomic E-state index is -3.26. The first-order valence-corrected chi connectivity index (χ1v) is 5.08. The van der Waals surface area contributed by atoms with Crippen LogP contribution < -0.4 is 5.73 Å². The Bertz CT molecular complexity index is 297. The van der Waals surface area contributed by atoms with Crippen LogP contribution in [-0.4, -0.2) is 17.6 Å². The lowest BCUT2D eigenvalue weighted by Crippen LogP contribution is -2.35. The molecule has 0 radical (unpaired) electrons. The quantitative estimate of drug-likeness (QED) is 0.901. The minimum absolute atomic E-state index is 0. The van der Waals surface area contributed by atoms with E-state index in [4.69, 9.17) is 10.8 Å². The molecule has 0 aromatic carbocycles. The molecule has 3 N–H and O–H groups in total. The van der Waals surface area contributed by atoms with E-state index in [0.29, 0.717) is 4.88 Å². The Balaban J connectivity index is 0.00000169. The maximum atomic E-state index is 12.9. The van der Waals surface area contributed by atoms with Crippen LogP contribution in [0.4, 0.5) is 8.78 Å². The number of aliphatic hydroxyl groups excluding tert-OH is 1. The Hall–Kier alpha value is 0.250. The van der Waals surface area contributed by atoms with Crippen LogP contribution in [0.25, 0.3) is 0 Å². The van der Waals surface area contributed by atoms with Crippen LogP contribution in [0.1, 0.15) is 10.9 Å². The van der Waals surface area contributed by atoms with E-state index < -0.39 is 18.6 Å². The van der Waals surface area contributed by atoms with Crippen LogP contribution in [0.15, 0.2) is 15.9 Å². The van der Waals surface area contributed by atoms with Gasteiger partial charge in [0, 0.05) is 4.88 Å². The molecule has 0 aliphatic rings. The Morgan fingerprint density at radius 2 is 2.14 bits per heavy atom. The van der Waals surface area contributed by atoms with Gasteiger partial charge < -0.3 is 10.8 Å². The molecular weight excluding hydrogens is 300 g/mol. The van der Waals surface area contributed by atoms with E-state index in [1.807, 2.05) is 0 Å². The van der Waals surface area contributed by atoms with Crippen molar-refractivity contribution in [2.45, 2.75) is 12.0 Å². The topological polar surface area (TPSA) is 46.2 Å². The lowest BCUT2D eigenvalue weighted by molar-refractivity contribution is -0.0703. The second-order valence-corrected chi connectivity index (χ2v) is 5.03. The van der Waals surface area contributed by atoms with Crippen molar-refractivity contribution >= 4 is 39.7 Å². The molecule has 0 aliphatic heterocycles. The van der Waals surface area contributed by atoms with Gasteiger partial charge in [-0.3, -0.25) is 0 Å². The minimum Gasteiger partial charge on any atom is -0.390 e. The van der Waals surface area contributed by atoms with E-state index in [0.717, 1.165) is 15.1 Å². The summed E-state index contributed by atoms with van der Waals surface area (Å²) in [6, 6.07) is 1.73. The van der Waals surface area contributed by atoms with Crippen molar-refractivity contribution < 1.29 is 13.9 Å². The third kappa shape index (κ3) is 3.13. The van der Waals surface area contributed by atoms with E-state index in [1.165, 1.54) is 6.07 Å². The molecule has 0 amide bonds. The van der Waals surface area contributed by atoms with E-state index in [9.17, 15) is 8.78 Å². The fourth-order valence-electron chi connectivity index (χ4n) is 0.802. The number of thiophene rings is 1. The third-order valence-electron chi connectivity index (χ3n) is 1.57. The van der Waals surface area contributed by atoms with Crippen molar-refractivity contribution in [3.8, 4) is 0 Å². The number of hydrogen-bond acceptors (Lipinski definition) is 3. The van der Waals surface area contributed by atoms with Gasteiger partial charge >= 0.3 is 0 Å². The van der Waals surface area contributed by atoms with Crippen molar-refractivity contribution in [2.24, 2.45) is 5.73 Å². The molecule has 0 spiro atoms. The summed E-state index contributed by atoms with van der Waals surface area (Å²) >= 11 is 4.28. The van der Waals surface area contributed by atoms with Crippen LogP contribution in [0, 0.1) is 0 Å². The Morgan fingerprint density at radius 1 is 1.57 bits per heavy atom. The van der Waals surface area contributed by atoms with Crippen LogP contribution in [0.3, 0.4) is 0 Å². The molecule has 0 fully saturated rings. The average molecular weight is 309 g/mol. The SMILES string of the molecule is Cl.N[C@H](c1ccc(Br)s1)C(F)(F)CO. The predicted octanol–water partition coefficient (Wildman–Crippen LogP) is 2.56. The summed E-state index contributed by atoms with van der Waals surface area (Å²) in [5, 5.41) is 8.40. The highest BCUT2D eigenvalue weighted by Crippen LogP contribution is 2.34. The summed E-state index contributed by atoms with van der Waals surface area (Å²) in [7, 11) is 0. The molecule has 1 aromatic heterocycles. The fraction of sp³-hybridized carbons (Fsp3) is 0.429. The summed E-state index contributed by atoms with van der Waals surface area (Å²) < 4.78 is 26.5. The van der Waals surface area contributed by atoms with Gasteiger partial charge in [-0.15, -0.1) is 23.7 Å². The number of alkyl halides is 2. The first-order chi connectivity index (χ1) is 5.97. The summed E-state index contributed by atoms with van der Waals surface area (Å²) in [6.07, 6.45) is 0. The normalized spacial score (nSPS) is 13.5. The molecule has 2 nitrogen and oxygen atoms in total. The Kier molecular flexibility index (Phi) is 5.46. The highest BCUT2D eigenvalue weighted by atomic mass is 79.9. The number of aliphatic hydroxyl groups is 1. The lowest BCUT2D eigenvalue weighted by Gasteiger charge is -2.19. The predicted molar refractivity (Wildman–Crippen MR) is 58.2 cm³/mol. The molecule has 1 aromatic rings. The zero-order valence-electron chi connectivity index (χ0n) is 6.91. The molecule has 7 heteroatoms. The van der Waals surface area contributed by atoms with Crippen LogP contribution in [0.2, 0.25) is 0 Å². The second-order valence-electron chi connectivity index (χ2n) is 2.54. The smallest absolute Gasteiger partial charge is 0.290 e. The molecule has 0 bridgehead atoms. The molecule has 0 saturated heterocycles. The average Bonchev–Trinajstić information content (AvgIpc) is 2.50. The first-order valence-electron chi connectivity index (χ1n) is 3.47. The maximum Gasteiger partial charge on any atom is 0.290 e. The van der Waals surface area contributed by atoms with E-state index in [-0.39, 0.29) is 12.4 Å². The first kappa shape index (κ1) is 14.2. The third-order valence-corrected chi connectivity index (χ3v) is 3.27. The summed E-state index contributed by atoms with van der Waals surface area (Å²) in [6.45, 7) is -1.23. The summed E-state index contributed by atoms with van der Waals surface area (Å²) in [4.78, 5) is 0.353. The van der Waals surface area contributed by atoms with Crippen LogP contribution in [0.5, 0.6) is 0 Å². The van der Waals surface area contributed by atoms with Crippen LogP contribution >= 0.6 is 39.7 Å². The Morgan fingerprint density at radius 3 is 2.50 bits per heavy atom.